The Labute approximate surface area is 130 Å². The molecule has 0 aromatic carbocycles. The molecule has 21 heavy (non-hydrogen) atoms. The fraction of sp³-hybridized carbons (Fsp3) is 0.947. The summed E-state index contributed by atoms with van der Waals surface area (Å²) in [5, 5.41) is 0. The molecule has 4 fully saturated rings. The first-order chi connectivity index (χ1) is 9.67. The molecule has 0 aromatic rings. The smallest absolute Gasteiger partial charge is 0.312 e. The summed E-state index contributed by atoms with van der Waals surface area (Å²) in [5.41, 5.74) is -0.423. The SMILES string of the molecule is CCC(C)(C)C(=O)OC(C)(C)C12CC3CC(CC(C3)C1)C2. The molecule has 2 heteroatoms. The molecule has 0 aromatic heterocycles. The zero-order valence-corrected chi connectivity index (χ0v) is 14.5. The van der Waals surface area contributed by atoms with Crippen molar-refractivity contribution in [1.29, 1.82) is 0 Å². The molecule has 4 saturated carbocycles. The first-order valence-corrected chi connectivity index (χ1v) is 8.91. The van der Waals surface area contributed by atoms with Crippen LogP contribution >= 0.6 is 0 Å². The van der Waals surface area contributed by atoms with Gasteiger partial charge in [-0.2, -0.15) is 0 Å². The Morgan fingerprint density at radius 2 is 1.43 bits per heavy atom. The quantitative estimate of drug-likeness (QED) is 0.684. The Bertz CT molecular complexity index is 398. The molecular weight excluding hydrogens is 260 g/mol. The van der Waals surface area contributed by atoms with Crippen LogP contribution in [0.5, 0.6) is 0 Å². The van der Waals surface area contributed by atoms with Crippen LogP contribution in [0.1, 0.15) is 79.6 Å². The van der Waals surface area contributed by atoms with Crippen molar-refractivity contribution in [3.05, 3.63) is 0 Å². The highest BCUT2D eigenvalue weighted by Crippen LogP contribution is 2.64. The molecule has 2 nitrogen and oxygen atoms in total. The Hall–Kier alpha value is -0.530. The summed E-state index contributed by atoms with van der Waals surface area (Å²) >= 11 is 0. The highest BCUT2D eigenvalue weighted by molar-refractivity contribution is 5.76. The maximum atomic E-state index is 12.6. The highest BCUT2D eigenvalue weighted by Gasteiger charge is 2.59. The largest absolute Gasteiger partial charge is 0.459 e. The zero-order valence-electron chi connectivity index (χ0n) is 14.5. The number of ether oxygens (including phenoxy) is 1. The second-order valence-corrected chi connectivity index (χ2v) is 9.34. The summed E-state index contributed by atoms with van der Waals surface area (Å²) < 4.78 is 6.14. The van der Waals surface area contributed by atoms with Gasteiger partial charge in [-0.3, -0.25) is 4.79 Å². The summed E-state index contributed by atoms with van der Waals surface area (Å²) in [6, 6.07) is 0. The van der Waals surface area contributed by atoms with Gasteiger partial charge in [0, 0.05) is 5.41 Å². The Balaban J connectivity index is 1.80. The summed E-state index contributed by atoms with van der Waals surface area (Å²) in [6.45, 7) is 10.4. The first-order valence-electron chi connectivity index (χ1n) is 8.91. The molecule has 0 radical (unpaired) electrons. The van der Waals surface area contributed by atoms with E-state index in [0.717, 1.165) is 24.2 Å². The predicted molar refractivity (Wildman–Crippen MR) is 84.8 cm³/mol. The van der Waals surface area contributed by atoms with E-state index in [2.05, 4.69) is 20.8 Å². The van der Waals surface area contributed by atoms with Gasteiger partial charge in [0.2, 0.25) is 0 Å². The standard InChI is InChI=1S/C19H32O2/c1-6-17(2,3)16(20)21-18(4,5)19-10-13-7-14(11-19)9-15(8-13)12-19/h13-15H,6-12H2,1-5H3. The molecule has 120 valence electrons. The van der Waals surface area contributed by atoms with Crippen LogP contribution in [0.4, 0.5) is 0 Å². The van der Waals surface area contributed by atoms with Crippen LogP contribution in [0.25, 0.3) is 0 Å². The van der Waals surface area contributed by atoms with Gasteiger partial charge in [0.25, 0.3) is 0 Å². The topological polar surface area (TPSA) is 26.3 Å². The Morgan fingerprint density at radius 3 is 1.81 bits per heavy atom. The Morgan fingerprint density at radius 1 is 1.00 bits per heavy atom. The molecule has 4 bridgehead atoms. The van der Waals surface area contributed by atoms with Gasteiger partial charge in [0.1, 0.15) is 5.60 Å². The van der Waals surface area contributed by atoms with E-state index in [1.54, 1.807) is 0 Å². The highest BCUT2D eigenvalue weighted by atomic mass is 16.6. The van der Waals surface area contributed by atoms with Crippen molar-refractivity contribution in [2.45, 2.75) is 85.2 Å². The fourth-order valence-corrected chi connectivity index (χ4v) is 5.47. The fourth-order valence-electron chi connectivity index (χ4n) is 5.47. The van der Waals surface area contributed by atoms with E-state index in [1.165, 1.54) is 38.5 Å². The minimum Gasteiger partial charge on any atom is -0.459 e. The number of rotatable bonds is 4. The molecular formula is C19H32O2. The monoisotopic (exact) mass is 292 g/mol. The van der Waals surface area contributed by atoms with Crippen molar-refractivity contribution < 1.29 is 9.53 Å². The lowest BCUT2D eigenvalue weighted by atomic mass is 9.46. The molecule has 4 rings (SSSR count). The molecule has 4 aliphatic rings. The van der Waals surface area contributed by atoms with Gasteiger partial charge in [-0.05, 0) is 90.4 Å². The van der Waals surface area contributed by atoms with E-state index in [-0.39, 0.29) is 22.4 Å². The third-order valence-corrected chi connectivity index (χ3v) is 7.10. The molecule has 0 N–H and O–H groups in total. The molecule has 0 amide bonds. The van der Waals surface area contributed by atoms with Crippen LogP contribution in [-0.4, -0.2) is 11.6 Å². The van der Waals surface area contributed by atoms with Crippen LogP contribution in [0.3, 0.4) is 0 Å². The molecule has 0 spiro atoms. The van der Waals surface area contributed by atoms with Crippen LogP contribution < -0.4 is 0 Å². The third-order valence-electron chi connectivity index (χ3n) is 7.10. The van der Waals surface area contributed by atoms with Crippen LogP contribution in [-0.2, 0) is 9.53 Å². The molecule has 0 unspecified atom stereocenters. The van der Waals surface area contributed by atoms with E-state index in [9.17, 15) is 4.79 Å². The van der Waals surface area contributed by atoms with E-state index >= 15 is 0 Å². The van der Waals surface area contributed by atoms with Crippen LogP contribution in [0, 0.1) is 28.6 Å². The van der Waals surface area contributed by atoms with E-state index < -0.39 is 0 Å². The maximum absolute atomic E-state index is 12.6. The zero-order chi connectivity index (χ0) is 15.5. The number of carbonyl (C=O) groups excluding carboxylic acids is 1. The minimum absolute atomic E-state index is 0.00857. The summed E-state index contributed by atoms with van der Waals surface area (Å²) in [6.07, 6.45) is 8.99. The lowest BCUT2D eigenvalue weighted by Crippen LogP contribution is -2.58. The summed E-state index contributed by atoms with van der Waals surface area (Å²) in [4.78, 5) is 12.6. The second kappa shape index (κ2) is 4.73. The van der Waals surface area contributed by atoms with Gasteiger partial charge in [-0.15, -0.1) is 0 Å². The van der Waals surface area contributed by atoms with Gasteiger partial charge in [-0.1, -0.05) is 6.92 Å². The van der Waals surface area contributed by atoms with Gasteiger partial charge in [0.15, 0.2) is 0 Å². The van der Waals surface area contributed by atoms with Crippen molar-refractivity contribution in [2.24, 2.45) is 28.6 Å². The number of esters is 1. The number of carbonyl (C=O) groups is 1. The molecule has 0 atom stereocenters. The van der Waals surface area contributed by atoms with Crippen LogP contribution in [0.2, 0.25) is 0 Å². The first kappa shape index (κ1) is 15.4. The summed E-state index contributed by atoms with van der Waals surface area (Å²) in [5.74, 6) is 2.68. The van der Waals surface area contributed by atoms with Crippen LogP contribution in [0.15, 0.2) is 0 Å². The summed E-state index contributed by atoms with van der Waals surface area (Å²) in [7, 11) is 0. The lowest BCUT2D eigenvalue weighted by molar-refractivity contribution is -0.206. The normalized spacial score (nSPS) is 38.6. The average molecular weight is 292 g/mol. The van der Waals surface area contributed by atoms with Crippen molar-refractivity contribution in [1.82, 2.24) is 0 Å². The van der Waals surface area contributed by atoms with Crippen molar-refractivity contribution in [3.63, 3.8) is 0 Å². The van der Waals surface area contributed by atoms with E-state index in [1.807, 2.05) is 13.8 Å². The van der Waals surface area contributed by atoms with Gasteiger partial charge >= 0.3 is 5.97 Å². The van der Waals surface area contributed by atoms with Gasteiger partial charge < -0.3 is 4.74 Å². The maximum Gasteiger partial charge on any atom is 0.312 e. The van der Waals surface area contributed by atoms with Crippen molar-refractivity contribution in [2.75, 3.05) is 0 Å². The minimum atomic E-state index is -0.362. The molecule has 0 heterocycles. The van der Waals surface area contributed by atoms with E-state index in [4.69, 9.17) is 4.74 Å². The second-order valence-electron chi connectivity index (χ2n) is 9.34. The lowest BCUT2D eigenvalue weighted by Gasteiger charge is -2.61. The average Bonchev–Trinajstić information content (AvgIpc) is 2.36. The predicted octanol–water partition coefficient (Wildman–Crippen LogP) is 4.96. The van der Waals surface area contributed by atoms with Crippen molar-refractivity contribution in [3.8, 4) is 0 Å². The van der Waals surface area contributed by atoms with Gasteiger partial charge in [0.05, 0.1) is 5.41 Å². The molecule has 0 aliphatic heterocycles. The van der Waals surface area contributed by atoms with Crippen molar-refractivity contribution >= 4 is 5.97 Å². The number of hydrogen-bond donors (Lipinski definition) is 0. The third kappa shape index (κ3) is 2.43. The number of hydrogen-bond acceptors (Lipinski definition) is 2. The molecule has 4 aliphatic carbocycles. The molecule has 0 saturated heterocycles. The van der Waals surface area contributed by atoms with Gasteiger partial charge in [-0.25, -0.2) is 0 Å². The van der Waals surface area contributed by atoms with E-state index in [0.29, 0.717) is 0 Å². The Kier molecular flexibility index (Phi) is 3.46.